The highest BCUT2D eigenvalue weighted by Gasteiger charge is 2.37. The van der Waals surface area contributed by atoms with Gasteiger partial charge in [0.1, 0.15) is 0 Å². The van der Waals surface area contributed by atoms with Gasteiger partial charge < -0.3 is 10.4 Å². The minimum Gasteiger partial charge on any atom is -0.382 e. The second-order valence-corrected chi connectivity index (χ2v) is 4.66. The molecule has 1 aromatic carbocycles. The molecule has 0 aliphatic carbocycles. The summed E-state index contributed by atoms with van der Waals surface area (Å²) in [7, 11) is 0. The van der Waals surface area contributed by atoms with Crippen molar-refractivity contribution in [3.63, 3.8) is 0 Å². The van der Waals surface area contributed by atoms with E-state index in [1.54, 1.807) is 13.0 Å². The highest BCUT2D eigenvalue weighted by Crippen LogP contribution is 2.21. The molecule has 0 radical (unpaired) electrons. The van der Waals surface area contributed by atoms with Crippen LogP contribution in [0.4, 0.5) is 13.2 Å². The first kappa shape index (κ1) is 14.5. The third-order valence-electron chi connectivity index (χ3n) is 2.34. The molecule has 17 heavy (non-hydrogen) atoms. The number of rotatable bonds is 4. The zero-order valence-corrected chi connectivity index (χ0v) is 10.7. The highest BCUT2D eigenvalue weighted by atomic mass is 79.9. The summed E-state index contributed by atoms with van der Waals surface area (Å²) in [5.74, 6) is 0. The van der Waals surface area contributed by atoms with Crippen LogP contribution in [0.3, 0.4) is 0 Å². The van der Waals surface area contributed by atoms with Crippen molar-refractivity contribution in [2.24, 2.45) is 0 Å². The van der Waals surface area contributed by atoms with Gasteiger partial charge in [-0.15, -0.1) is 0 Å². The summed E-state index contributed by atoms with van der Waals surface area (Å²) in [5.41, 5.74) is 0.855. The van der Waals surface area contributed by atoms with E-state index >= 15 is 0 Å². The molecule has 2 unspecified atom stereocenters. The Morgan fingerprint density at radius 1 is 1.41 bits per heavy atom. The molecule has 1 rings (SSSR count). The van der Waals surface area contributed by atoms with Crippen LogP contribution in [0.5, 0.6) is 0 Å². The fraction of sp³-hybridized carbons (Fsp3) is 0.455. The number of hydrogen-bond acceptors (Lipinski definition) is 2. The number of nitrogens with one attached hydrogen (secondary N) is 1. The van der Waals surface area contributed by atoms with Crippen LogP contribution in [0.1, 0.15) is 18.5 Å². The summed E-state index contributed by atoms with van der Waals surface area (Å²) >= 11 is 3.29. The number of alkyl halides is 3. The van der Waals surface area contributed by atoms with Crippen LogP contribution in [0.15, 0.2) is 28.7 Å². The number of benzene rings is 1. The molecular weight excluding hydrogens is 299 g/mol. The first-order chi connectivity index (χ1) is 7.80. The average molecular weight is 312 g/mol. The van der Waals surface area contributed by atoms with E-state index in [-0.39, 0.29) is 6.04 Å². The summed E-state index contributed by atoms with van der Waals surface area (Å²) in [6.45, 7) is 1.22. The first-order valence-corrected chi connectivity index (χ1v) is 5.83. The van der Waals surface area contributed by atoms with E-state index in [1.165, 1.54) is 0 Å². The predicted molar refractivity (Wildman–Crippen MR) is 62.6 cm³/mol. The smallest absolute Gasteiger partial charge is 0.382 e. The van der Waals surface area contributed by atoms with Gasteiger partial charge in [-0.2, -0.15) is 13.2 Å². The van der Waals surface area contributed by atoms with Gasteiger partial charge in [0.05, 0.1) is 0 Å². The number of hydrogen-bond donors (Lipinski definition) is 2. The summed E-state index contributed by atoms with van der Waals surface area (Å²) in [4.78, 5) is 0. The lowest BCUT2D eigenvalue weighted by Crippen LogP contribution is -2.39. The molecule has 0 aliphatic heterocycles. The zero-order chi connectivity index (χ0) is 13.1. The molecule has 0 heterocycles. The van der Waals surface area contributed by atoms with Crippen LogP contribution in [0.2, 0.25) is 0 Å². The minimum absolute atomic E-state index is 0.260. The van der Waals surface area contributed by atoms with Gasteiger partial charge in [-0.05, 0) is 24.6 Å². The molecule has 0 spiro atoms. The molecule has 0 saturated heterocycles. The number of aliphatic hydroxyl groups is 1. The lowest BCUT2D eigenvalue weighted by Gasteiger charge is -2.19. The maximum Gasteiger partial charge on any atom is 0.415 e. The fourth-order valence-electron chi connectivity index (χ4n) is 1.30. The van der Waals surface area contributed by atoms with Gasteiger partial charge in [0.25, 0.3) is 0 Å². The Bertz CT molecular complexity index is 370. The van der Waals surface area contributed by atoms with Crippen LogP contribution in [0, 0.1) is 0 Å². The van der Waals surface area contributed by atoms with Crippen molar-refractivity contribution in [3.05, 3.63) is 34.3 Å². The quantitative estimate of drug-likeness (QED) is 0.896. The summed E-state index contributed by atoms with van der Waals surface area (Å²) < 4.78 is 37.1. The van der Waals surface area contributed by atoms with Crippen molar-refractivity contribution in [2.75, 3.05) is 6.54 Å². The van der Waals surface area contributed by atoms with Crippen molar-refractivity contribution >= 4 is 15.9 Å². The lowest BCUT2D eigenvalue weighted by atomic mass is 10.1. The normalized spacial score (nSPS) is 15.6. The second kappa shape index (κ2) is 5.84. The molecule has 2 atom stereocenters. The largest absolute Gasteiger partial charge is 0.415 e. The molecule has 0 aliphatic rings. The molecule has 1 aromatic rings. The molecule has 6 heteroatoms. The van der Waals surface area contributed by atoms with Crippen molar-refractivity contribution in [1.29, 1.82) is 0 Å². The van der Waals surface area contributed by atoms with Crippen LogP contribution in [-0.4, -0.2) is 23.9 Å². The Kier molecular flexibility index (Phi) is 4.97. The Balaban J connectivity index is 2.53. The fourth-order valence-corrected chi connectivity index (χ4v) is 1.71. The van der Waals surface area contributed by atoms with Gasteiger partial charge in [-0.3, -0.25) is 0 Å². The Morgan fingerprint density at radius 2 is 2.06 bits per heavy atom. The van der Waals surface area contributed by atoms with E-state index in [2.05, 4.69) is 21.2 Å². The third-order valence-corrected chi connectivity index (χ3v) is 2.84. The summed E-state index contributed by atoms with van der Waals surface area (Å²) in [6, 6.07) is 7.00. The predicted octanol–water partition coefficient (Wildman–Crippen LogP) is 3.02. The molecule has 0 aromatic heterocycles. The van der Waals surface area contributed by atoms with Crippen LogP contribution >= 0.6 is 15.9 Å². The summed E-state index contributed by atoms with van der Waals surface area (Å²) in [6.07, 6.45) is -6.92. The lowest BCUT2D eigenvalue weighted by molar-refractivity contribution is -0.202. The van der Waals surface area contributed by atoms with E-state index < -0.39 is 18.8 Å². The van der Waals surface area contributed by atoms with Crippen LogP contribution in [-0.2, 0) is 0 Å². The second-order valence-electron chi connectivity index (χ2n) is 3.74. The van der Waals surface area contributed by atoms with E-state index in [4.69, 9.17) is 5.11 Å². The van der Waals surface area contributed by atoms with Crippen molar-refractivity contribution in [3.8, 4) is 0 Å². The minimum atomic E-state index is -4.58. The van der Waals surface area contributed by atoms with Gasteiger partial charge in [-0.25, -0.2) is 0 Å². The van der Waals surface area contributed by atoms with Crippen molar-refractivity contribution in [2.45, 2.75) is 25.2 Å². The highest BCUT2D eigenvalue weighted by molar-refractivity contribution is 9.10. The average Bonchev–Trinajstić information content (AvgIpc) is 2.24. The van der Waals surface area contributed by atoms with E-state index in [9.17, 15) is 13.2 Å². The molecule has 0 amide bonds. The first-order valence-electron chi connectivity index (χ1n) is 5.04. The van der Waals surface area contributed by atoms with Gasteiger partial charge in [0.15, 0.2) is 6.10 Å². The maximum atomic E-state index is 12.1. The molecule has 0 saturated carbocycles. The van der Waals surface area contributed by atoms with Crippen LogP contribution < -0.4 is 5.32 Å². The summed E-state index contributed by atoms with van der Waals surface area (Å²) in [5, 5.41) is 11.5. The third kappa shape index (κ3) is 4.65. The molecule has 2 nitrogen and oxygen atoms in total. The SMILES string of the molecule is CC(NCC(O)C(F)(F)F)c1cccc(Br)c1. The van der Waals surface area contributed by atoms with E-state index in [1.807, 2.05) is 18.2 Å². The van der Waals surface area contributed by atoms with Crippen molar-refractivity contribution < 1.29 is 18.3 Å². The molecule has 96 valence electrons. The topological polar surface area (TPSA) is 32.3 Å². The molecular formula is C11H13BrF3NO. The van der Waals surface area contributed by atoms with Gasteiger partial charge in [-0.1, -0.05) is 28.1 Å². The Labute approximate surface area is 106 Å². The van der Waals surface area contributed by atoms with E-state index in [0.717, 1.165) is 10.0 Å². The molecule has 0 bridgehead atoms. The van der Waals surface area contributed by atoms with Crippen molar-refractivity contribution in [1.82, 2.24) is 5.32 Å². The standard InChI is InChI=1S/C11H13BrF3NO/c1-7(8-3-2-4-9(12)5-8)16-6-10(17)11(13,14)15/h2-5,7,10,16-17H,6H2,1H3. The molecule has 2 N–H and O–H groups in total. The van der Waals surface area contributed by atoms with Gasteiger partial charge >= 0.3 is 6.18 Å². The Hall–Kier alpha value is -0.590. The molecule has 0 fully saturated rings. The number of aliphatic hydroxyl groups excluding tert-OH is 1. The monoisotopic (exact) mass is 311 g/mol. The zero-order valence-electron chi connectivity index (χ0n) is 9.13. The number of halogens is 4. The maximum absolute atomic E-state index is 12.1. The van der Waals surface area contributed by atoms with Crippen LogP contribution in [0.25, 0.3) is 0 Å². The Morgan fingerprint density at radius 3 is 2.59 bits per heavy atom. The van der Waals surface area contributed by atoms with E-state index in [0.29, 0.717) is 0 Å². The van der Waals surface area contributed by atoms with Gasteiger partial charge in [0, 0.05) is 17.1 Å². The van der Waals surface area contributed by atoms with Gasteiger partial charge in [0.2, 0.25) is 0 Å².